The molecule has 0 bridgehead atoms. The molecule has 0 aliphatic carbocycles. The highest BCUT2D eigenvalue weighted by atomic mass is 16.1. The van der Waals surface area contributed by atoms with Crippen LogP contribution >= 0.6 is 0 Å². The topological polar surface area (TPSA) is 46.2 Å². The van der Waals surface area contributed by atoms with Crippen LogP contribution in [0.2, 0.25) is 0 Å². The van der Waals surface area contributed by atoms with E-state index in [2.05, 4.69) is 19.2 Å². The summed E-state index contributed by atoms with van der Waals surface area (Å²) in [4.78, 5) is 21.3. The zero-order valence-electron chi connectivity index (χ0n) is 13.3. The lowest BCUT2D eigenvalue weighted by atomic mass is 10.1. The van der Waals surface area contributed by atoms with Crippen LogP contribution in [0.5, 0.6) is 0 Å². The monoisotopic (exact) mass is 261 g/mol. The predicted molar refractivity (Wildman–Crippen MR) is 81.9 cm³/mol. The van der Waals surface area contributed by atoms with E-state index in [0.717, 1.165) is 25.8 Å². The standard InChI is InChI=1S/C10H19NO2.C3H8.C2H6.H2/c1-3-10(13)11-8-6-4-5-7-9(2)12;1-3-2;1-2;/h3-8H2,1-2H3,(H,11,13);3H2,1-2H3;1-2H3;1H. The smallest absolute Gasteiger partial charge is 0.219 e. The summed E-state index contributed by atoms with van der Waals surface area (Å²) in [6.45, 7) is 12.4. The summed E-state index contributed by atoms with van der Waals surface area (Å²) in [6.07, 6.45) is 5.40. The van der Waals surface area contributed by atoms with Crippen LogP contribution < -0.4 is 5.32 Å². The van der Waals surface area contributed by atoms with Crippen molar-refractivity contribution in [2.24, 2.45) is 0 Å². The second-order valence-electron chi connectivity index (χ2n) is 3.92. The second kappa shape index (κ2) is 21.4. The van der Waals surface area contributed by atoms with Gasteiger partial charge in [0.1, 0.15) is 5.78 Å². The maximum atomic E-state index is 10.8. The zero-order chi connectivity index (χ0) is 14.8. The molecule has 18 heavy (non-hydrogen) atoms. The van der Waals surface area contributed by atoms with Crippen molar-refractivity contribution in [1.82, 2.24) is 5.32 Å². The first-order valence-electron chi connectivity index (χ1n) is 7.34. The van der Waals surface area contributed by atoms with Crippen LogP contribution in [0, 0.1) is 0 Å². The molecule has 0 saturated heterocycles. The summed E-state index contributed by atoms with van der Waals surface area (Å²) in [5.74, 6) is 0.351. The third-order valence-electron chi connectivity index (χ3n) is 1.85. The predicted octanol–water partition coefficient (Wildman–Crippen LogP) is 4.35. The van der Waals surface area contributed by atoms with Gasteiger partial charge in [0.2, 0.25) is 5.91 Å². The summed E-state index contributed by atoms with van der Waals surface area (Å²) < 4.78 is 0. The minimum absolute atomic E-state index is 0. The molecule has 112 valence electrons. The van der Waals surface area contributed by atoms with Gasteiger partial charge in [0.05, 0.1) is 0 Å². The largest absolute Gasteiger partial charge is 0.356 e. The minimum Gasteiger partial charge on any atom is -0.356 e. The SMILES string of the molecule is CC.CCC.CCC(=O)NCCCCCC(C)=O.[HH]. The first-order chi connectivity index (χ1) is 8.58. The van der Waals surface area contributed by atoms with Crippen LogP contribution in [0.15, 0.2) is 0 Å². The van der Waals surface area contributed by atoms with Crippen LogP contribution in [0.25, 0.3) is 0 Å². The van der Waals surface area contributed by atoms with Gasteiger partial charge in [-0.05, 0) is 19.8 Å². The lowest BCUT2D eigenvalue weighted by molar-refractivity contribution is -0.121. The molecule has 0 rings (SSSR count). The van der Waals surface area contributed by atoms with Crippen molar-refractivity contribution in [1.29, 1.82) is 0 Å². The van der Waals surface area contributed by atoms with Crippen molar-refractivity contribution in [3.63, 3.8) is 0 Å². The Labute approximate surface area is 115 Å². The number of Topliss-reactive ketones (excluding diaryl/α,β-unsaturated/α-hetero) is 1. The maximum absolute atomic E-state index is 10.8. The minimum atomic E-state index is 0. The Balaban J connectivity index is -0.000000164. The highest BCUT2D eigenvalue weighted by molar-refractivity contribution is 5.75. The molecule has 3 heteroatoms. The molecule has 0 aliphatic heterocycles. The van der Waals surface area contributed by atoms with E-state index in [1.54, 1.807) is 6.92 Å². The number of carbonyl (C=O) groups excluding carboxylic acids is 2. The van der Waals surface area contributed by atoms with E-state index in [1.807, 2.05) is 20.8 Å². The Bertz CT molecular complexity index is 185. The lowest BCUT2D eigenvalue weighted by Gasteiger charge is -2.02. The molecule has 0 spiro atoms. The summed E-state index contributed by atoms with van der Waals surface area (Å²) >= 11 is 0. The Hall–Kier alpha value is -0.860. The number of hydrogen-bond donors (Lipinski definition) is 1. The normalized spacial score (nSPS) is 8.33. The second-order valence-corrected chi connectivity index (χ2v) is 3.92. The van der Waals surface area contributed by atoms with E-state index in [-0.39, 0.29) is 13.1 Å². The number of rotatable bonds is 7. The van der Waals surface area contributed by atoms with E-state index in [0.29, 0.717) is 12.8 Å². The first kappa shape index (κ1) is 22.3. The molecule has 1 amide bonds. The molecule has 0 aromatic rings. The lowest BCUT2D eigenvalue weighted by Crippen LogP contribution is -2.23. The fraction of sp³-hybridized carbons (Fsp3) is 0.867. The first-order valence-corrected chi connectivity index (χ1v) is 7.34. The van der Waals surface area contributed by atoms with Gasteiger partial charge in [0.25, 0.3) is 0 Å². The Morgan fingerprint density at radius 3 is 1.89 bits per heavy atom. The molecule has 0 aromatic carbocycles. The molecule has 0 unspecified atom stereocenters. The fourth-order valence-electron chi connectivity index (χ4n) is 1.03. The summed E-state index contributed by atoms with van der Waals surface area (Å²) in [5.41, 5.74) is 0. The molecular formula is C15H35NO2. The van der Waals surface area contributed by atoms with Gasteiger partial charge in [0.15, 0.2) is 0 Å². The van der Waals surface area contributed by atoms with Gasteiger partial charge >= 0.3 is 0 Å². The number of amides is 1. The molecule has 0 radical (unpaired) electrons. The number of nitrogens with one attached hydrogen (secondary N) is 1. The van der Waals surface area contributed by atoms with Crippen molar-refractivity contribution in [2.75, 3.05) is 6.54 Å². The molecule has 0 heterocycles. The molecule has 0 atom stereocenters. The van der Waals surface area contributed by atoms with Crippen LogP contribution in [-0.2, 0) is 9.59 Å². The van der Waals surface area contributed by atoms with Gasteiger partial charge in [-0.3, -0.25) is 4.79 Å². The summed E-state index contributed by atoms with van der Waals surface area (Å²) in [5, 5.41) is 2.80. The van der Waals surface area contributed by atoms with Crippen LogP contribution in [0.4, 0.5) is 0 Å². The highest BCUT2D eigenvalue weighted by Crippen LogP contribution is 1.99. The molecule has 0 aliphatic rings. The molecule has 1 N–H and O–H groups in total. The van der Waals surface area contributed by atoms with E-state index >= 15 is 0 Å². The van der Waals surface area contributed by atoms with E-state index in [4.69, 9.17) is 0 Å². The number of unbranched alkanes of at least 4 members (excludes halogenated alkanes) is 2. The third kappa shape index (κ3) is 29.4. The van der Waals surface area contributed by atoms with Crippen molar-refractivity contribution >= 4 is 11.7 Å². The van der Waals surface area contributed by atoms with Crippen LogP contribution in [0.1, 0.15) is 81.5 Å². The molecule has 0 saturated carbocycles. The number of hydrogen-bond acceptors (Lipinski definition) is 2. The van der Waals surface area contributed by atoms with Crippen molar-refractivity contribution in [3.8, 4) is 0 Å². The molecule has 0 aromatic heterocycles. The fourth-order valence-corrected chi connectivity index (χ4v) is 1.03. The van der Waals surface area contributed by atoms with Crippen LogP contribution in [0.3, 0.4) is 0 Å². The van der Waals surface area contributed by atoms with Crippen molar-refractivity contribution in [2.45, 2.75) is 80.1 Å². The Kier molecular flexibility index (Phi) is 26.6. The molecule has 0 fully saturated rings. The van der Waals surface area contributed by atoms with Crippen molar-refractivity contribution in [3.05, 3.63) is 0 Å². The van der Waals surface area contributed by atoms with E-state index < -0.39 is 0 Å². The zero-order valence-corrected chi connectivity index (χ0v) is 13.3. The quantitative estimate of drug-likeness (QED) is 0.692. The Morgan fingerprint density at radius 1 is 1.00 bits per heavy atom. The Morgan fingerprint density at radius 2 is 1.50 bits per heavy atom. The molecular weight excluding hydrogens is 226 g/mol. The number of carbonyl (C=O) groups is 2. The van der Waals surface area contributed by atoms with Crippen LogP contribution in [-0.4, -0.2) is 18.2 Å². The van der Waals surface area contributed by atoms with E-state index in [1.165, 1.54) is 6.42 Å². The molecule has 3 nitrogen and oxygen atoms in total. The average Bonchev–Trinajstić information content (AvgIpc) is 2.36. The van der Waals surface area contributed by atoms with Gasteiger partial charge in [-0.2, -0.15) is 0 Å². The van der Waals surface area contributed by atoms with E-state index in [9.17, 15) is 9.59 Å². The van der Waals surface area contributed by atoms with Gasteiger partial charge in [0, 0.05) is 20.8 Å². The third-order valence-corrected chi connectivity index (χ3v) is 1.85. The van der Waals surface area contributed by atoms with Gasteiger partial charge in [-0.25, -0.2) is 0 Å². The average molecular weight is 261 g/mol. The number of ketones is 1. The highest BCUT2D eigenvalue weighted by Gasteiger charge is 1.96. The van der Waals surface area contributed by atoms with Gasteiger partial charge < -0.3 is 10.1 Å². The summed E-state index contributed by atoms with van der Waals surface area (Å²) in [7, 11) is 0. The van der Waals surface area contributed by atoms with Gasteiger partial charge in [-0.1, -0.05) is 47.5 Å². The van der Waals surface area contributed by atoms with Crippen molar-refractivity contribution < 1.29 is 11.0 Å². The van der Waals surface area contributed by atoms with Gasteiger partial charge in [-0.15, -0.1) is 0 Å². The maximum Gasteiger partial charge on any atom is 0.219 e. The summed E-state index contributed by atoms with van der Waals surface area (Å²) in [6, 6.07) is 0.